The quantitative estimate of drug-likeness (QED) is 0.410. The van der Waals surface area contributed by atoms with Crippen LogP contribution in [-0.4, -0.2) is 74.8 Å². The summed E-state index contributed by atoms with van der Waals surface area (Å²) in [5, 5.41) is 12.6. The predicted octanol–water partition coefficient (Wildman–Crippen LogP) is 0.699. The van der Waals surface area contributed by atoms with Gasteiger partial charge in [-0.1, -0.05) is 30.3 Å². The van der Waals surface area contributed by atoms with Crippen LogP contribution in [0.4, 0.5) is 10.6 Å². The van der Waals surface area contributed by atoms with Crippen LogP contribution in [0.25, 0.3) is 11.2 Å². The number of hydrogen-bond donors (Lipinski definition) is 3. The Morgan fingerprint density at radius 2 is 2.03 bits per heavy atom. The maximum Gasteiger partial charge on any atom is 0.407 e. The molecule has 5 rings (SSSR count). The molecule has 2 aliphatic rings. The lowest BCUT2D eigenvalue weighted by molar-refractivity contribution is -0.350. The van der Waals surface area contributed by atoms with Crippen LogP contribution in [0.5, 0.6) is 0 Å². The van der Waals surface area contributed by atoms with Gasteiger partial charge in [0.05, 0.1) is 12.9 Å². The summed E-state index contributed by atoms with van der Waals surface area (Å²) in [4.78, 5) is 24.8. The summed E-state index contributed by atoms with van der Waals surface area (Å²) in [6, 6.07) is 9.31. The Hall–Kier alpha value is -3.36. The van der Waals surface area contributed by atoms with E-state index in [1.807, 2.05) is 30.3 Å². The molecule has 2 fully saturated rings. The Morgan fingerprint density at radius 3 is 2.80 bits per heavy atom. The molecule has 1 amide bonds. The van der Waals surface area contributed by atoms with E-state index in [-0.39, 0.29) is 32.2 Å². The lowest BCUT2D eigenvalue weighted by atomic mass is 10.1. The molecule has 1 aromatic carbocycles. The third kappa shape index (κ3) is 4.51. The highest BCUT2D eigenvalue weighted by molar-refractivity contribution is 5.81. The number of benzene rings is 1. The molecule has 2 saturated heterocycles. The van der Waals surface area contributed by atoms with Gasteiger partial charge in [0.2, 0.25) is 0 Å². The average Bonchev–Trinajstić information content (AvgIpc) is 3.55. The maximum atomic E-state index is 12.3. The number of carbonyl (C=O) groups excluding carboxylic acids is 1. The Morgan fingerprint density at radius 1 is 1.23 bits per heavy atom. The second kappa shape index (κ2) is 9.71. The van der Waals surface area contributed by atoms with E-state index in [0.29, 0.717) is 11.2 Å². The summed E-state index contributed by atoms with van der Waals surface area (Å²) >= 11 is 0. The molecule has 13 heteroatoms. The normalized spacial score (nSPS) is 27.7. The molecule has 0 radical (unpaired) electrons. The zero-order valence-corrected chi connectivity index (χ0v) is 18.9. The summed E-state index contributed by atoms with van der Waals surface area (Å²) < 4.78 is 31.0. The van der Waals surface area contributed by atoms with Crippen molar-refractivity contribution in [1.82, 2.24) is 24.8 Å². The first kappa shape index (κ1) is 23.4. The number of anilines is 1. The summed E-state index contributed by atoms with van der Waals surface area (Å²) in [6.07, 6.45) is -0.660. The molecule has 0 aliphatic carbocycles. The number of aromatic nitrogens is 4. The van der Waals surface area contributed by atoms with Crippen molar-refractivity contribution in [2.24, 2.45) is 0 Å². The van der Waals surface area contributed by atoms with Crippen LogP contribution in [-0.2, 0) is 30.3 Å². The topological polar surface area (TPSA) is 165 Å². The van der Waals surface area contributed by atoms with Gasteiger partial charge in [0.25, 0.3) is 0 Å². The van der Waals surface area contributed by atoms with Gasteiger partial charge in [0, 0.05) is 6.61 Å². The molecule has 4 N–H and O–H groups in total. The van der Waals surface area contributed by atoms with Gasteiger partial charge in [0.15, 0.2) is 17.7 Å². The lowest BCUT2D eigenvalue weighted by Gasteiger charge is -2.30. The lowest BCUT2D eigenvalue weighted by Crippen LogP contribution is -2.48. The summed E-state index contributed by atoms with van der Waals surface area (Å²) in [5.74, 6) is -1.37. The van der Waals surface area contributed by atoms with Gasteiger partial charge in [-0.15, -0.1) is 0 Å². The summed E-state index contributed by atoms with van der Waals surface area (Å²) in [6.45, 7) is 1.66. The fourth-order valence-electron chi connectivity index (χ4n) is 4.22. The van der Waals surface area contributed by atoms with Crippen molar-refractivity contribution in [3.8, 4) is 0 Å². The summed E-state index contributed by atoms with van der Waals surface area (Å²) in [5.41, 5.74) is 7.62. The first-order valence-electron chi connectivity index (χ1n) is 11.2. The number of amides is 1. The fourth-order valence-corrected chi connectivity index (χ4v) is 4.22. The van der Waals surface area contributed by atoms with Crippen LogP contribution in [0, 0.1) is 0 Å². The Balaban J connectivity index is 1.31. The molecular formula is C22H26N6O7. The SMILES string of the molecule is CCOC1(CNC(=O)OCc2ccccc2)OC2C(CO)OC(n3cnc4c(N)ncnc43)C2O1. The van der Waals surface area contributed by atoms with Crippen molar-refractivity contribution in [3.05, 3.63) is 48.5 Å². The van der Waals surface area contributed by atoms with E-state index in [0.717, 1.165) is 5.56 Å². The number of nitrogens with two attached hydrogens (primary N) is 1. The number of imidazole rings is 1. The minimum Gasteiger partial charge on any atom is -0.445 e. The number of rotatable bonds is 8. The second-order valence-electron chi connectivity index (χ2n) is 8.03. The van der Waals surface area contributed by atoms with Crippen LogP contribution in [0.1, 0.15) is 18.7 Å². The van der Waals surface area contributed by atoms with Crippen molar-refractivity contribution in [1.29, 1.82) is 0 Å². The van der Waals surface area contributed by atoms with Crippen LogP contribution in [0.3, 0.4) is 0 Å². The number of aliphatic hydroxyl groups excluding tert-OH is 1. The highest BCUT2D eigenvalue weighted by Crippen LogP contribution is 2.44. The van der Waals surface area contributed by atoms with Crippen LogP contribution >= 0.6 is 0 Å². The van der Waals surface area contributed by atoms with Crippen molar-refractivity contribution in [2.75, 3.05) is 25.5 Å². The van der Waals surface area contributed by atoms with Gasteiger partial charge in [-0.3, -0.25) is 4.57 Å². The van der Waals surface area contributed by atoms with E-state index < -0.39 is 36.6 Å². The average molecular weight is 486 g/mol. The molecule has 5 unspecified atom stereocenters. The monoisotopic (exact) mass is 486 g/mol. The van der Waals surface area contributed by atoms with Crippen molar-refractivity contribution in [3.63, 3.8) is 0 Å². The Kier molecular flexibility index (Phi) is 6.49. The number of hydrogen-bond acceptors (Lipinski definition) is 11. The number of alkyl carbamates (subject to hydrolysis) is 1. The zero-order valence-electron chi connectivity index (χ0n) is 18.9. The van der Waals surface area contributed by atoms with Crippen LogP contribution < -0.4 is 11.1 Å². The maximum absolute atomic E-state index is 12.3. The third-order valence-corrected chi connectivity index (χ3v) is 5.78. The number of nitrogens with zero attached hydrogens (tertiary/aromatic N) is 4. The van der Waals surface area contributed by atoms with Crippen LogP contribution in [0.15, 0.2) is 43.0 Å². The molecule has 13 nitrogen and oxygen atoms in total. The van der Waals surface area contributed by atoms with Gasteiger partial charge in [-0.2, -0.15) is 0 Å². The largest absolute Gasteiger partial charge is 0.445 e. The molecule has 5 atom stereocenters. The van der Waals surface area contributed by atoms with Gasteiger partial charge in [-0.25, -0.2) is 19.7 Å². The van der Waals surface area contributed by atoms with E-state index in [2.05, 4.69) is 20.3 Å². The predicted molar refractivity (Wildman–Crippen MR) is 119 cm³/mol. The minimum absolute atomic E-state index is 0.114. The molecule has 2 aliphatic heterocycles. The fraction of sp³-hybridized carbons (Fsp3) is 0.455. The molecule has 2 aromatic heterocycles. The summed E-state index contributed by atoms with van der Waals surface area (Å²) in [7, 11) is 0. The van der Waals surface area contributed by atoms with E-state index in [9.17, 15) is 9.90 Å². The van der Waals surface area contributed by atoms with Crippen molar-refractivity contribution < 1.29 is 33.6 Å². The van der Waals surface area contributed by atoms with Gasteiger partial charge in [0.1, 0.15) is 43.3 Å². The number of nitrogen functional groups attached to an aromatic ring is 1. The highest BCUT2D eigenvalue weighted by atomic mass is 16.9. The van der Waals surface area contributed by atoms with E-state index in [4.69, 9.17) is 29.4 Å². The first-order chi connectivity index (χ1) is 17.0. The van der Waals surface area contributed by atoms with Gasteiger partial charge < -0.3 is 39.8 Å². The first-order valence-corrected chi connectivity index (χ1v) is 11.2. The van der Waals surface area contributed by atoms with E-state index in [1.165, 1.54) is 12.7 Å². The number of nitrogens with one attached hydrogen (secondary N) is 1. The Labute approximate surface area is 200 Å². The number of fused-ring (bicyclic) bond motifs is 2. The standard InChI is InChI=1S/C22H26N6O7/c1-2-32-22(10-24-21(30)31-9-13-6-4-3-5-7-13)34-16-14(8-29)33-20(17(16)35-22)28-12-27-15-18(23)25-11-26-19(15)28/h3-7,11-12,14,16-17,20,29H,2,8-10H2,1H3,(H,24,30)(H2,23,25,26). The zero-order chi connectivity index (χ0) is 24.4. The minimum atomic E-state index is -1.60. The molecular weight excluding hydrogens is 460 g/mol. The molecule has 35 heavy (non-hydrogen) atoms. The van der Waals surface area contributed by atoms with Gasteiger partial charge >= 0.3 is 12.1 Å². The third-order valence-electron chi connectivity index (χ3n) is 5.78. The van der Waals surface area contributed by atoms with Crippen molar-refractivity contribution >= 4 is 23.1 Å². The van der Waals surface area contributed by atoms with E-state index >= 15 is 0 Å². The van der Waals surface area contributed by atoms with E-state index in [1.54, 1.807) is 11.5 Å². The van der Waals surface area contributed by atoms with Crippen LogP contribution in [0.2, 0.25) is 0 Å². The molecule has 0 saturated carbocycles. The number of aliphatic hydroxyl groups is 1. The molecule has 186 valence electrons. The smallest absolute Gasteiger partial charge is 0.407 e. The van der Waals surface area contributed by atoms with Crippen molar-refractivity contribution in [2.45, 2.75) is 44.0 Å². The molecule has 3 aromatic rings. The number of carbonyl (C=O) groups is 1. The highest BCUT2D eigenvalue weighted by Gasteiger charge is 2.60. The molecule has 0 bridgehead atoms. The molecule has 4 heterocycles. The second-order valence-corrected chi connectivity index (χ2v) is 8.03. The van der Waals surface area contributed by atoms with Gasteiger partial charge in [-0.05, 0) is 12.5 Å². The molecule has 0 spiro atoms. The number of ether oxygens (including phenoxy) is 5. The Bertz CT molecular complexity index is 1180.